The summed E-state index contributed by atoms with van der Waals surface area (Å²) in [5.74, 6) is -0.803. The van der Waals surface area contributed by atoms with Gasteiger partial charge >= 0.3 is 12.3 Å². The van der Waals surface area contributed by atoms with Gasteiger partial charge in [-0.2, -0.15) is 5.48 Å². The van der Waals surface area contributed by atoms with Crippen LogP contribution in [0, 0.1) is 17.8 Å². The van der Waals surface area contributed by atoms with Crippen LogP contribution in [0.3, 0.4) is 0 Å². The van der Waals surface area contributed by atoms with E-state index in [0.29, 0.717) is 19.3 Å². The first-order valence-corrected chi connectivity index (χ1v) is 9.05. The van der Waals surface area contributed by atoms with E-state index >= 15 is 0 Å². The van der Waals surface area contributed by atoms with Crippen LogP contribution in [0.4, 0.5) is 8.78 Å². The highest BCUT2D eigenvalue weighted by Crippen LogP contribution is 2.42. The Balaban J connectivity index is 1.31. The Morgan fingerprint density at radius 2 is 1.84 bits per heavy atom. The van der Waals surface area contributed by atoms with E-state index in [2.05, 4.69) is 15.5 Å². The molecule has 4 rings (SSSR count). The molecule has 2 saturated carbocycles. The maximum absolute atomic E-state index is 13.2. The summed E-state index contributed by atoms with van der Waals surface area (Å²) in [7, 11) is 0. The van der Waals surface area contributed by atoms with Crippen LogP contribution in [0.25, 0.3) is 0 Å². The van der Waals surface area contributed by atoms with Gasteiger partial charge in [0.05, 0.1) is 24.3 Å². The zero-order valence-corrected chi connectivity index (χ0v) is 13.8. The van der Waals surface area contributed by atoms with Gasteiger partial charge < -0.3 is 5.11 Å². The molecule has 2 aliphatic carbocycles. The van der Waals surface area contributed by atoms with Crippen molar-refractivity contribution in [2.45, 2.75) is 75.8 Å². The van der Waals surface area contributed by atoms with Crippen molar-refractivity contribution >= 4 is 5.97 Å². The Hall–Kier alpha value is -0.870. The van der Waals surface area contributed by atoms with Gasteiger partial charge in [-0.25, -0.2) is 0 Å². The first-order chi connectivity index (χ1) is 11.9. The van der Waals surface area contributed by atoms with Crippen LogP contribution in [-0.4, -0.2) is 42.0 Å². The maximum Gasteiger partial charge on any atom is 0.486 e. The van der Waals surface area contributed by atoms with Crippen molar-refractivity contribution in [1.82, 2.24) is 10.8 Å². The number of hydroxylamine groups is 1. The average molecular weight is 362 g/mol. The number of hydrogen-bond acceptors (Lipinski definition) is 6. The van der Waals surface area contributed by atoms with E-state index in [4.69, 9.17) is 9.57 Å². The molecule has 9 heteroatoms. The van der Waals surface area contributed by atoms with Crippen LogP contribution in [0.1, 0.15) is 44.9 Å². The molecule has 7 unspecified atom stereocenters. The molecule has 25 heavy (non-hydrogen) atoms. The minimum absolute atomic E-state index is 0.0510. The van der Waals surface area contributed by atoms with Gasteiger partial charge in [0, 0.05) is 5.92 Å². The third-order valence-electron chi connectivity index (χ3n) is 5.98. The summed E-state index contributed by atoms with van der Waals surface area (Å²) in [6, 6.07) is 0. The first-order valence-electron chi connectivity index (χ1n) is 9.05. The number of carboxylic acids is 1. The highest BCUT2D eigenvalue weighted by atomic mass is 19.3. The van der Waals surface area contributed by atoms with E-state index in [-0.39, 0.29) is 30.1 Å². The fourth-order valence-corrected chi connectivity index (χ4v) is 4.66. The molecule has 2 saturated heterocycles. The summed E-state index contributed by atoms with van der Waals surface area (Å²) in [6.45, 7) is 0. The van der Waals surface area contributed by atoms with Gasteiger partial charge in [0.15, 0.2) is 0 Å². The highest BCUT2D eigenvalue weighted by Gasteiger charge is 2.53. The fourth-order valence-electron chi connectivity index (χ4n) is 4.66. The number of rotatable bonds is 3. The number of alkyl halides is 2. The van der Waals surface area contributed by atoms with Gasteiger partial charge in [0.1, 0.15) is 6.23 Å². The van der Waals surface area contributed by atoms with Crippen LogP contribution < -0.4 is 10.8 Å². The van der Waals surface area contributed by atoms with E-state index in [1.165, 1.54) is 0 Å². The summed E-state index contributed by atoms with van der Waals surface area (Å²) in [6.07, 6.45) is -0.164. The van der Waals surface area contributed by atoms with E-state index in [1.54, 1.807) is 0 Å². The van der Waals surface area contributed by atoms with Gasteiger partial charge in [-0.05, 0) is 44.4 Å². The molecular formula is C16H24F2N2O5. The number of carboxylic acid groups (broad SMARTS) is 1. The molecule has 4 aliphatic rings. The summed E-state index contributed by atoms with van der Waals surface area (Å²) in [5, 5.41) is 12.6. The number of nitrogens with one attached hydrogen (secondary N) is 2. The molecule has 0 amide bonds. The zero-order chi connectivity index (χ0) is 17.6. The molecule has 2 heterocycles. The lowest BCUT2D eigenvalue weighted by Crippen LogP contribution is -2.46. The Bertz CT molecular complexity index is 523. The Labute approximate surface area is 144 Å². The average Bonchev–Trinajstić information content (AvgIpc) is 3.17. The molecule has 0 aromatic rings. The van der Waals surface area contributed by atoms with E-state index in [1.807, 2.05) is 0 Å². The van der Waals surface area contributed by atoms with Gasteiger partial charge in [-0.3, -0.25) is 24.4 Å². The molecule has 0 spiro atoms. The quantitative estimate of drug-likeness (QED) is 0.705. The van der Waals surface area contributed by atoms with Gasteiger partial charge in [-0.1, -0.05) is 6.42 Å². The van der Waals surface area contributed by atoms with E-state index < -0.39 is 24.5 Å². The van der Waals surface area contributed by atoms with Crippen LogP contribution in [0.2, 0.25) is 0 Å². The minimum Gasteiger partial charge on any atom is -0.481 e. The number of aliphatic carboxylic acids is 1. The van der Waals surface area contributed by atoms with E-state index in [0.717, 1.165) is 25.7 Å². The molecule has 0 bridgehead atoms. The van der Waals surface area contributed by atoms with E-state index in [9.17, 15) is 18.7 Å². The lowest BCUT2D eigenvalue weighted by molar-refractivity contribution is -0.351. The van der Waals surface area contributed by atoms with Crippen LogP contribution in [0.15, 0.2) is 0 Å². The predicted molar refractivity (Wildman–Crippen MR) is 80.1 cm³/mol. The second kappa shape index (κ2) is 6.70. The van der Waals surface area contributed by atoms with Crippen molar-refractivity contribution in [2.75, 3.05) is 0 Å². The van der Waals surface area contributed by atoms with Crippen molar-refractivity contribution in [1.29, 1.82) is 0 Å². The topological polar surface area (TPSA) is 89.1 Å². The fraction of sp³-hybridized carbons (Fsp3) is 0.938. The molecule has 2 aliphatic heterocycles. The van der Waals surface area contributed by atoms with Crippen LogP contribution in [-0.2, 0) is 19.1 Å². The molecule has 0 aromatic heterocycles. The molecule has 0 aromatic carbocycles. The monoisotopic (exact) mass is 362 g/mol. The molecule has 7 nitrogen and oxygen atoms in total. The lowest BCUT2D eigenvalue weighted by Gasteiger charge is -2.33. The molecule has 4 fully saturated rings. The summed E-state index contributed by atoms with van der Waals surface area (Å²) in [4.78, 5) is 16.9. The minimum atomic E-state index is -3.48. The van der Waals surface area contributed by atoms with Crippen molar-refractivity contribution < 1.29 is 33.0 Å². The number of ether oxygens (including phenoxy) is 2. The van der Waals surface area contributed by atoms with Gasteiger partial charge in [0.25, 0.3) is 0 Å². The Morgan fingerprint density at radius 3 is 2.64 bits per heavy atom. The van der Waals surface area contributed by atoms with Gasteiger partial charge in [0.2, 0.25) is 0 Å². The predicted octanol–water partition coefficient (Wildman–Crippen LogP) is 1.79. The third kappa shape index (κ3) is 3.66. The van der Waals surface area contributed by atoms with Crippen molar-refractivity contribution in [2.24, 2.45) is 17.8 Å². The Morgan fingerprint density at radius 1 is 1.04 bits per heavy atom. The SMILES string of the molecule is O=C(O)C1CCCC(C2NOC(C3CCC4OC(F)(F)OC4C3)N2)C1. The maximum atomic E-state index is 13.2. The van der Waals surface area contributed by atoms with Crippen molar-refractivity contribution in [3.8, 4) is 0 Å². The summed E-state index contributed by atoms with van der Waals surface area (Å²) in [5.41, 5.74) is 2.98. The molecule has 142 valence electrons. The van der Waals surface area contributed by atoms with Crippen LogP contribution >= 0.6 is 0 Å². The third-order valence-corrected chi connectivity index (χ3v) is 5.98. The summed E-state index contributed by atoms with van der Waals surface area (Å²) >= 11 is 0. The zero-order valence-electron chi connectivity index (χ0n) is 13.8. The van der Waals surface area contributed by atoms with Crippen molar-refractivity contribution in [3.63, 3.8) is 0 Å². The van der Waals surface area contributed by atoms with Gasteiger partial charge in [-0.15, -0.1) is 8.78 Å². The molecule has 0 radical (unpaired) electrons. The second-order valence-corrected chi connectivity index (χ2v) is 7.61. The number of carbonyl (C=O) groups is 1. The molecule has 3 N–H and O–H groups in total. The second-order valence-electron chi connectivity index (χ2n) is 7.61. The summed E-state index contributed by atoms with van der Waals surface area (Å²) < 4.78 is 35.7. The largest absolute Gasteiger partial charge is 0.486 e. The molecular weight excluding hydrogens is 338 g/mol. The normalized spacial score (nSPS) is 46.7. The van der Waals surface area contributed by atoms with Crippen LogP contribution in [0.5, 0.6) is 0 Å². The standard InChI is InChI=1S/C16H24F2N2O5/c17-16(18)23-11-5-4-9(7-12(11)24-16)14-19-13(20-25-14)8-2-1-3-10(6-8)15(21)22/h8-14,19-20H,1-7H2,(H,21,22). The first kappa shape index (κ1) is 17.5. The Kier molecular flexibility index (Phi) is 4.70. The smallest absolute Gasteiger partial charge is 0.481 e. The number of hydrogen-bond donors (Lipinski definition) is 3. The number of fused-ring (bicyclic) bond motifs is 1. The van der Waals surface area contributed by atoms with Crippen molar-refractivity contribution in [3.05, 3.63) is 0 Å². The highest BCUT2D eigenvalue weighted by molar-refractivity contribution is 5.70. The molecule has 7 atom stereocenters. The lowest BCUT2D eigenvalue weighted by atomic mass is 9.79. The number of halogens is 2.